The van der Waals surface area contributed by atoms with E-state index >= 15 is 0 Å². The molecule has 1 unspecified atom stereocenters. The van der Waals surface area contributed by atoms with Gasteiger partial charge < -0.3 is 10.1 Å². The van der Waals surface area contributed by atoms with Crippen LogP contribution in [0, 0.1) is 0 Å². The van der Waals surface area contributed by atoms with Crippen molar-refractivity contribution >= 4 is 17.5 Å². The molecule has 1 atom stereocenters. The maximum atomic E-state index is 13.0. The molecule has 0 aromatic heterocycles. The number of carbonyl (C=O) groups excluding carboxylic acids is 1. The Morgan fingerprint density at radius 3 is 2.36 bits per heavy atom. The first-order chi connectivity index (χ1) is 13.7. The topological polar surface area (TPSA) is 41.6 Å². The average Bonchev–Trinajstić information content (AvgIpc) is 2.69. The number of nitrogens with zero attached hydrogens (tertiary/aromatic N) is 1. The number of halogens is 1. The molecule has 2 aromatic carbocycles. The number of hydrogen-bond acceptors (Lipinski definition) is 3. The molecule has 1 N–H and O–H groups in total. The molecule has 1 amide bonds. The first-order valence-corrected chi connectivity index (χ1v) is 10.5. The highest BCUT2D eigenvalue weighted by atomic mass is 35.5. The van der Waals surface area contributed by atoms with E-state index in [1.165, 1.54) is 12.0 Å². The van der Waals surface area contributed by atoms with Gasteiger partial charge in [-0.1, -0.05) is 60.5 Å². The normalized spacial score (nSPS) is 20.2. The fourth-order valence-corrected chi connectivity index (χ4v) is 4.56. The molecule has 5 heteroatoms. The first-order valence-electron chi connectivity index (χ1n) is 10.1. The van der Waals surface area contributed by atoms with Gasteiger partial charge in [-0.25, -0.2) is 0 Å². The molecule has 4 rings (SSSR count). The third kappa shape index (κ3) is 4.09. The molecular formula is C23H27ClN2O2. The molecule has 148 valence electrons. The molecule has 1 aliphatic heterocycles. The van der Waals surface area contributed by atoms with Crippen LogP contribution in [0.15, 0.2) is 54.6 Å². The highest BCUT2D eigenvalue weighted by molar-refractivity contribution is 6.30. The van der Waals surface area contributed by atoms with Crippen LogP contribution in [0.1, 0.15) is 36.4 Å². The zero-order chi connectivity index (χ0) is 19.4. The third-order valence-electron chi connectivity index (χ3n) is 6.13. The van der Waals surface area contributed by atoms with Gasteiger partial charge in [0.15, 0.2) is 0 Å². The number of rotatable bonds is 6. The Bertz CT molecular complexity index is 784. The molecule has 1 heterocycles. The zero-order valence-corrected chi connectivity index (χ0v) is 16.8. The lowest BCUT2D eigenvalue weighted by atomic mass is 9.58. The van der Waals surface area contributed by atoms with Crippen LogP contribution < -0.4 is 5.32 Å². The summed E-state index contributed by atoms with van der Waals surface area (Å²) in [6, 6.07) is 18.4. The third-order valence-corrected chi connectivity index (χ3v) is 6.38. The van der Waals surface area contributed by atoms with E-state index in [2.05, 4.69) is 34.5 Å². The molecule has 28 heavy (non-hydrogen) atoms. The van der Waals surface area contributed by atoms with E-state index in [0.29, 0.717) is 19.8 Å². The van der Waals surface area contributed by atoms with E-state index < -0.39 is 0 Å². The highest BCUT2D eigenvalue weighted by Gasteiger charge is 2.46. The van der Waals surface area contributed by atoms with Gasteiger partial charge in [0.1, 0.15) is 0 Å². The van der Waals surface area contributed by atoms with Gasteiger partial charge in [-0.3, -0.25) is 9.69 Å². The van der Waals surface area contributed by atoms with Crippen LogP contribution in [0.25, 0.3) is 0 Å². The molecule has 4 nitrogen and oxygen atoms in total. The van der Waals surface area contributed by atoms with E-state index in [1.54, 1.807) is 0 Å². The minimum atomic E-state index is -0.0768. The molecule has 2 fully saturated rings. The fourth-order valence-electron chi connectivity index (χ4n) is 4.44. The number of nitrogens with one attached hydrogen (secondary N) is 1. The van der Waals surface area contributed by atoms with Gasteiger partial charge in [-0.05, 0) is 36.1 Å². The van der Waals surface area contributed by atoms with Gasteiger partial charge in [0.05, 0.1) is 25.8 Å². The van der Waals surface area contributed by atoms with Crippen molar-refractivity contribution in [2.45, 2.75) is 30.7 Å². The lowest BCUT2D eigenvalue weighted by Gasteiger charge is -2.49. The van der Waals surface area contributed by atoms with E-state index in [9.17, 15) is 4.79 Å². The minimum Gasteiger partial charge on any atom is -0.379 e. The summed E-state index contributed by atoms with van der Waals surface area (Å²) in [5.41, 5.74) is 2.34. The van der Waals surface area contributed by atoms with Crippen LogP contribution in [0.5, 0.6) is 0 Å². The maximum Gasteiger partial charge on any atom is 0.234 e. The molecule has 2 aromatic rings. The Balaban J connectivity index is 1.60. The molecule has 1 saturated carbocycles. The molecular weight excluding hydrogens is 372 g/mol. The predicted octanol–water partition coefficient (Wildman–Crippen LogP) is 3.95. The molecule has 2 aliphatic rings. The Morgan fingerprint density at radius 1 is 1.07 bits per heavy atom. The number of amides is 1. The largest absolute Gasteiger partial charge is 0.379 e. The van der Waals surface area contributed by atoms with Crippen molar-refractivity contribution in [2.24, 2.45) is 0 Å². The number of carbonyl (C=O) groups is 1. The average molecular weight is 399 g/mol. The van der Waals surface area contributed by atoms with E-state index in [1.807, 2.05) is 30.3 Å². The summed E-state index contributed by atoms with van der Waals surface area (Å²) in [5, 5.41) is 4.12. The summed E-state index contributed by atoms with van der Waals surface area (Å²) >= 11 is 6.13. The Hall–Kier alpha value is -1.88. The molecule has 0 bridgehead atoms. The quantitative estimate of drug-likeness (QED) is 0.801. The van der Waals surface area contributed by atoms with Crippen LogP contribution in [0.3, 0.4) is 0 Å². The van der Waals surface area contributed by atoms with Gasteiger partial charge in [-0.15, -0.1) is 0 Å². The second kappa shape index (κ2) is 8.64. The number of ether oxygens (including phenoxy) is 1. The van der Waals surface area contributed by atoms with Crippen LogP contribution in [-0.4, -0.2) is 43.7 Å². The van der Waals surface area contributed by atoms with Crippen LogP contribution >= 0.6 is 11.6 Å². The summed E-state index contributed by atoms with van der Waals surface area (Å²) in [6.07, 6.45) is 3.29. The second-order valence-electron chi connectivity index (χ2n) is 7.82. The number of benzene rings is 2. The molecule has 0 radical (unpaired) electrons. The van der Waals surface area contributed by atoms with Gasteiger partial charge in [0.2, 0.25) is 5.91 Å². The van der Waals surface area contributed by atoms with Gasteiger partial charge >= 0.3 is 0 Å². The maximum absolute atomic E-state index is 13.0. The van der Waals surface area contributed by atoms with E-state index in [0.717, 1.165) is 36.5 Å². The Morgan fingerprint density at radius 2 is 1.75 bits per heavy atom. The number of morpholine rings is 1. The number of hydrogen-bond donors (Lipinski definition) is 1. The first kappa shape index (κ1) is 19.4. The summed E-state index contributed by atoms with van der Waals surface area (Å²) < 4.78 is 5.40. The standard InChI is InChI=1S/C23H27ClN2O2/c24-20-9-7-19(8-10-20)23(11-4-12-23)22(18-5-2-1-3-6-18)25-21(27)17-26-13-15-28-16-14-26/h1-3,5-10,22H,4,11-17H2,(H,25,27). The van der Waals surface area contributed by atoms with Crippen molar-refractivity contribution < 1.29 is 9.53 Å². The van der Waals surface area contributed by atoms with Crippen molar-refractivity contribution in [3.05, 3.63) is 70.7 Å². The predicted molar refractivity (Wildman–Crippen MR) is 112 cm³/mol. The van der Waals surface area contributed by atoms with Crippen molar-refractivity contribution in [3.63, 3.8) is 0 Å². The molecule has 1 saturated heterocycles. The van der Waals surface area contributed by atoms with Crippen molar-refractivity contribution in [3.8, 4) is 0 Å². The Labute approximate surface area is 171 Å². The molecule has 1 aliphatic carbocycles. The Kier molecular flexibility index (Phi) is 6.00. The van der Waals surface area contributed by atoms with Gasteiger partial charge in [-0.2, -0.15) is 0 Å². The summed E-state index contributed by atoms with van der Waals surface area (Å²) in [7, 11) is 0. The summed E-state index contributed by atoms with van der Waals surface area (Å²) in [5.74, 6) is 0.0796. The molecule has 0 spiro atoms. The van der Waals surface area contributed by atoms with E-state index in [-0.39, 0.29) is 17.4 Å². The van der Waals surface area contributed by atoms with Crippen molar-refractivity contribution in [1.29, 1.82) is 0 Å². The minimum absolute atomic E-state index is 0.0443. The second-order valence-corrected chi connectivity index (χ2v) is 8.25. The highest BCUT2D eigenvalue weighted by Crippen LogP contribution is 2.52. The lowest BCUT2D eigenvalue weighted by Crippen LogP contribution is -2.51. The van der Waals surface area contributed by atoms with Gasteiger partial charge in [0.25, 0.3) is 0 Å². The van der Waals surface area contributed by atoms with E-state index in [4.69, 9.17) is 16.3 Å². The SMILES string of the molecule is O=C(CN1CCOCC1)NC(c1ccccc1)C1(c2ccc(Cl)cc2)CCC1. The van der Waals surface area contributed by atoms with Gasteiger partial charge in [0, 0.05) is 23.5 Å². The smallest absolute Gasteiger partial charge is 0.234 e. The summed E-state index contributed by atoms with van der Waals surface area (Å²) in [4.78, 5) is 15.1. The van der Waals surface area contributed by atoms with Crippen LogP contribution in [-0.2, 0) is 14.9 Å². The zero-order valence-electron chi connectivity index (χ0n) is 16.1. The monoisotopic (exact) mass is 398 g/mol. The fraction of sp³-hybridized carbons (Fsp3) is 0.435. The van der Waals surface area contributed by atoms with Crippen LogP contribution in [0.4, 0.5) is 0 Å². The van der Waals surface area contributed by atoms with Crippen molar-refractivity contribution in [2.75, 3.05) is 32.8 Å². The van der Waals surface area contributed by atoms with Crippen molar-refractivity contribution in [1.82, 2.24) is 10.2 Å². The lowest BCUT2D eigenvalue weighted by molar-refractivity contribution is -0.125. The summed E-state index contributed by atoms with van der Waals surface area (Å²) in [6.45, 7) is 3.44. The van der Waals surface area contributed by atoms with Crippen LogP contribution in [0.2, 0.25) is 5.02 Å².